The van der Waals surface area contributed by atoms with Crippen molar-refractivity contribution >= 4 is 5.97 Å². The molecule has 1 heterocycles. The van der Waals surface area contributed by atoms with Gasteiger partial charge in [0.05, 0.1) is 0 Å². The molecule has 2 rings (SSSR count). The molecule has 17 heavy (non-hydrogen) atoms. The van der Waals surface area contributed by atoms with E-state index in [1.54, 1.807) is 0 Å². The van der Waals surface area contributed by atoms with Crippen LogP contribution in [0.25, 0.3) is 0 Å². The van der Waals surface area contributed by atoms with Crippen LogP contribution in [0.2, 0.25) is 0 Å². The molecule has 1 saturated heterocycles. The third-order valence-electron chi connectivity index (χ3n) is 4.18. The fraction of sp³-hybridized carbons (Fsp3) is 0.923. The number of ether oxygens (including phenoxy) is 1. The van der Waals surface area contributed by atoms with Gasteiger partial charge in [0, 0.05) is 26.3 Å². The molecule has 0 radical (unpaired) electrons. The van der Waals surface area contributed by atoms with Crippen LogP contribution in [0.4, 0.5) is 0 Å². The summed E-state index contributed by atoms with van der Waals surface area (Å²) in [5.41, 5.74) is 0. The van der Waals surface area contributed by atoms with Crippen molar-refractivity contribution in [1.82, 2.24) is 4.90 Å². The first kappa shape index (κ1) is 12.8. The van der Waals surface area contributed by atoms with E-state index < -0.39 is 5.97 Å². The van der Waals surface area contributed by atoms with E-state index in [1.807, 2.05) is 6.92 Å². The Kier molecular flexibility index (Phi) is 4.40. The topological polar surface area (TPSA) is 49.8 Å². The third kappa shape index (κ3) is 2.80. The Hall–Kier alpha value is -0.610. The van der Waals surface area contributed by atoms with Crippen molar-refractivity contribution in [2.45, 2.75) is 38.6 Å². The van der Waals surface area contributed by atoms with E-state index >= 15 is 0 Å². The van der Waals surface area contributed by atoms with E-state index in [-0.39, 0.29) is 6.04 Å². The molecule has 0 aromatic rings. The third-order valence-corrected chi connectivity index (χ3v) is 4.18. The summed E-state index contributed by atoms with van der Waals surface area (Å²) in [4.78, 5) is 13.5. The van der Waals surface area contributed by atoms with Gasteiger partial charge in [-0.2, -0.15) is 0 Å². The molecule has 0 aromatic carbocycles. The maximum atomic E-state index is 11.4. The predicted molar refractivity (Wildman–Crippen MR) is 64.9 cm³/mol. The fourth-order valence-electron chi connectivity index (χ4n) is 3.48. The smallest absolute Gasteiger partial charge is 0.321 e. The number of nitrogens with zero attached hydrogens (tertiary/aromatic N) is 1. The Morgan fingerprint density at radius 1 is 1.47 bits per heavy atom. The second kappa shape index (κ2) is 5.83. The van der Waals surface area contributed by atoms with E-state index in [1.165, 1.54) is 12.8 Å². The Bertz CT molecular complexity index is 269. The van der Waals surface area contributed by atoms with E-state index in [0.717, 1.165) is 39.1 Å². The van der Waals surface area contributed by atoms with Gasteiger partial charge >= 0.3 is 5.97 Å². The molecule has 4 heteroatoms. The molecule has 2 fully saturated rings. The summed E-state index contributed by atoms with van der Waals surface area (Å²) in [6, 6.07) is -0.232. The number of carboxylic acids is 1. The molecule has 0 bridgehead atoms. The highest BCUT2D eigenvalue weighted by Gasteiger charge is 2.47. The van der Waals surface area contributed by atoms with Gasteiger partial charge in [-0.15, -0.1) is 0 Å². The molecule has 98 valence electrons. The van der Waals surface area contributed by atoms with Crippen molar-refractivity contribution in [3.63, 3.8) is 0 Å². The minimum Gasteiger partial charge on any atom is -0.480 e. The molecule has 1 aliphatic carbocycles. The molecule has 4 nitrogen and oxygen atoms in total. The van der Waals surface area contributed by atoms with Gasteiger partial charge < -0.3 is 9.84 Å². The van der Waals surface area contributed by atoms with Crippen LogP contribution in [0.15, 0.2) is 0 Å². The highest BCUT2D eigenvalue weighted by molar-refractivity contribution is 5.74. The standard InChI is InChI=1S/C13H23NO3/c1-2-17-8-4-7-14-9-10-5-3-6-11(10)12(14)13(15)16/h10-12H,2-9H2,1H3,(H,15,16). The van der Waals surface area contributed by atoms with Crippen molar-refractivity contribution in [3.8, 4) is 0 Å². The van der Waals surface area contributed by atoms with Crippen LogP contribution in [-0.4, -0.2) is 48.3 Å². The van der Waals surface area contributed by atoms with Gasteiger partial charge in [0.1, 0.15) is 6.04 Å². The zero-order valence-electron chi connectivity index (χ0n) is 10.6. The number of carboxylic acid groups (broad SMARTS) is 1. The summed E-state index contributed by atoms with van der Waals surface area (Å²) >= 11 is 0. The molecule has 0 aromatic heterocycles. The second-order valence-corrected chi connectivity index (χ2v) is 5.18. The summed E-state index contributed by atoms with van der Waals surface area (Å²) in [5.74, 6) is 0.401. The quantitative estimate of drug-likeness (QED) is 0.718. The lowest BCUT2D eigenvalue weighted by molar-refractivity contribution is -0.143. The molecular weight excluding hydrogens is 218 g/mol. The first-order valence-electron chi connectivity index (χ1n) is 6.78. The van der Waals surface area contributed by atoms with Crippen molar-refractivity contribution < 1.29 is 14.6 Å². The van der Waals surface area contributed by atoms with Gasteiger partial charge in [0.15, 0.2) is 0 Å². The number of fused-ring (bicyclic) bond motifs is 1. The lowest BCUT2D eigenvalue weighted by atomic mass is 9.94. The second-order valence-electron chi connectivity index (χ2n) is 5.18. The maximum Gasteiger partial charge on any atom is 0.321 e. The molecule has 3 unspecified atom stereocenters. The molecule has 1 saturated carbocycles. The van der Waals surface area contributed by atoms with Gasteiger partial charge in [0.2, 0.25) is 0 Å². The maximum absolute atomic E-state index is 11.4. The van der Waals surface area contributed by atoms with Crippen molar-refractivity contribution in [3.05, 3.63) is 0 Å². The largest absolute Gasteiger partial charge is 0.480 e. The van der Waals surface area contributed by atoms with Crippen LogP contribution in [0, 0.1) is 11.8 Å². The van der Waals surface area contributed by atoms with E-state index in [2.05, 4.69) is 4.90 Å². The molecular formula is C13H23NO3. The number of carbonyl (C=O) groups is 1. The zero-order chi connectivity index (χ0) is 12.3. The highest BCUT2D eigenvalue weighted by atomic mass is 16.5. The Labute approximate surface area is 103 Å². The first-order valence-corrected chi connectivity index (χ1v) is 6.78. The molecule has 3 atom stereocenters. The number of aliphatic carboxylic acids is 1. The number of rotatable bonds is 6. The number of likely N-dealkylation sites (tertiary alicyclic amines) is 1. The van der Waals surface area contributed by atoms with Crippen molar-refractivity contribution in [1.29, 1.82) is 0 Å². The van der Waals surface area contributed by atoms with E-state index in [0.29, 0.717) is 11.8 Å². The number of hydrogen-bond donors (Lipinski definition) is 1. The van der Waals surface area contributed by atoms with Crippen LogP contribution in [0.3, 0.4) is 0 Å². The summed E-state index contributed by atoms with van der Waals surface area (Å²) < 4.78 is 5.31. The van der Waals surface area contributed by atoms with Gasteiger partial charge in [-0.3, -0.25) is 9.69 Å². The van der Waals surface area contributed by atoms with E-state index in [9.17, 15) is 9.90 Å². The highest BCUT2D eigenvalue weighted by Crippen LogP contribution is 2.42. The summed E-state index contributed by atoms with van der Waals surface area (Å²) in [6.07, 6.45) is 4.48. The fourth-order valence-corrected chi connectivity index (χ4v) is 3.48. The minimum absolute atomic E-state index is 0.232. The Morgan fingerprint density at radius 3 is 3.00 bits per heavy atom. The minimum atomic E-state index is -0.629. The Morgan fingerprint density at radius 2 is 2.29 bits per heavy atom. The monoisotopic (exact) mass is 241 g/mol. The van der Waals surface area contributed by atoms with Crippen molar-refractivity contribution in [2.24, 2.45) is 11.8 Å². The predicted octanol–water partition coefficient (Wildman–Crippen LogP) is 1.60. The molecule has 0 spiro atoms. The lowest BCUT2D eigenvalue weighted by Crippen LogP contribution is -2.40. The van der Waals surface area contributed by atoms with Gasteiger partial charge in [0.25, 0.3) is 0 Å². The SMILES string of the molecule is CCOCCCN1CC2CCCC2C1C(=O)O. The van der Waals surface area contributed by atoms with Crippen molar-refractivity contribution in [2.75, 3.05) is 26.3 Å². The van der Waals surface area contributed by atoms with E-state index in [4.69, 9.17) is 4.74 Å². The number of hydrogen-bond acceptors (Lipinski definition) is 3. The van der Waals surface area contributed by atoms with Crippen LogP contribution in [0.1, 0.15) is 32.6 Å². The molecule has 1 N–H and O–H groups in total. The van der Waals surface area contributed by atoms with Gasteiger partial charge in [-0.25, -0.2) is 0 Å². The van der Waals surface area contributed by atoms with Gasteiger partial charge in [-0.05, 0) is 38.0 Å². The lowest BCUT2D eigenvalue weighted by Gasteiger charge is -2.23. The van der Waals surface area contributed by atoms with Crippen LogP contribution >= 0.6 is 0 Å². The Balaban J connectivity index is 1.86. The average molecular weight is 241 g/mol. The van der Waals surface area contributed by atoms with Crippen LogP contribution in [-0.2, 0) is 9.53 Å². The average Bonchev–Trinajstić information content (AvgIpc) is 2.83. The molecule has 0 amide bonds. The molecule has 2 aliphatic rings. The normalized spacial score (nSPS) is 32.9. The summed E-state index contributed by atoms with van der Waals surface area (Å²) in [6.45, 7) is 5.32. The van der Waals surface area contributed by atoms with Crippen LogP contribution in [0.5, 0.6) is 0 Å². The zero-order valence-corrected chi connectivity index (χ0v) is 10.6. The van der Waals surface area contributed by atoms with Crippen LogP contribution < -0.4 is 0 Å². The summed E-state index contributed by atoms with van der Waals surface area (Å²) in [7, 11) is 0. The first-order chi connectivity index (χ1) is 8.24. The molecule has 1 aliphatic heterocycles. The van der Waals surface area contributed by atoms with Gasteiger partial charge in [-0.1, -0.05) is 6.42 Å². The summed E-state index contributed by atoms with van der Waals surface area (Å²) in [5, 5.41) is 9.36.